The van der Waals surface area contributed by atoms with E-state index in [4.69, 9.17) is 4.74 Å². The van der Waals surface area contributed by atoms with Gasteiger partial charge in [0.05, 0.1) is 12.6 Å². The van der Waals surface area contributed by atoms with E-state index in [0.29, 0.717) is 12.1 Å². The Morgan fingerprint density at radius 1 is 1.00 bits per heavy atom. The number of carbonyl (C=O) groups excluding carboxylic acids is 3. The van der Waals surface area contributed by atoms with Crippen LogP contribution in [0.1, 0.15) is 32.6 Å². The first kappa shape index (κ1) is 27.8. The standard InChI is InChI=1S/C30H33N3O6/c1-19-9-6-7-12-22(19)16-31-29(37)25-17-39-18-33(25)30(38)27(35)24(15-21-10-4-3-5-11-21)32-28(36)23-13-8-14-26(34)20(23)2/h3-14,24-25,27,34-35H,15-18H2,1-2H3,(H,31,37)(H,32,36). The molecule has 9 nitrogen and oxygen atoms in total. The Bertz CT molecular complexity index is 1330. The highest BCUT2D eigenvalue weighted by atomic mass is 16.5. The van der Waals surface area contributed by atoms with Crippen LogP contribution in [0.25, 0.3) is 0 Å². The predicted molar refractivity (Wildman–Crippen MR) is 145 cm³/mol. The maximum Gasteiger partial charge on any atom is 0.256 e. The molecule has 0 aromatic heterocycles. The minimum atomic E-state index is -1.65. The quantitative estimate of drug-likeness (QED) is 0.335. The van der Waals surface area contributed by atoms with Gasteiger partial charge in [0.15, 0.2) is 6.10 Å². The Balaban J connectivity index is 1.50. The normalized spacial score (nSPS) is 16.4. The van der Waals surface area contributed by atoms with Gasteiger partial charge in [-0.2, -0.15) is 0 Å². The Morgan fingerprint density at radius 3 is 2.46 bits per heavy atom. The first-order valence-electron chi connectivity index (χ1n) is 12.8. The molecule has 0 radical (unpaired) electrons. The number of phenolic OH excluding ortho intramolecular Hbond substituents is 1. The fraction of sp³-hybridized carbons (Fsp3) is 0.300. The Morgan fingerprint density at radius 2 is 1.72 bits per heavy atom. The molecule has 3 aromatic rings. The number of ether oxygens (including phenoxy) is 1. The zero-order chi connectivity index (χ0) is 27.9. The molecular weight excluding hydrogens is 498 g/mol. The first-order valence-corrected chi connectivity index (χ1v) is 12.8. The van der Waals surface area contributed by atoms with Crippen molar-refractivity contribution in [2.75, 3.05) is 13.3 Å². The van der Waals surface area contributed by atoms with Crippen molar-refractivity contribution in [3.63, 3.8) is 0 Å². The summed E-state index contributed by atoms with van der Waals surface area (Å²) < 4.78 is 5.43. The van der Waals surface area contributed by atoms with Crippen molar-refractivity contribution in [2.45, 2.75) is 45.0 Å². The van der Waals surface area contributed by atoms with Crippen molar-refractivity contribution in [3.8, 4) is 5.75 Å². The predicted octanol–water partition coefficient (Wildman–Crippen LogP) is 2.21. The average molecular weight is 532 g/mol. The summed E-state index contributed by atoms with van der Waals surface area (Å²) in [7, 11) is 0. The lowest BCUT2D eigenvalue weighted by molar-refractivity contribution is -0.147. The number of amides is 3. The van der Waals surface area contributed by atoms with Crippen LogP contribution in [0.3, 0.4) is 0 Å². The highest BCUT2D eigenvalue weighted by Gasteiger charge is 2.40. The number of hydrogen-bond donors (Lipinski definition) is 4. The Hall–Kier alpha value is -4.21. The summed E-state index contributed by atoms with van der Waals surface area (Å²) in [6, 6.07) is 19.5. The van der Waals surface area contributed by atoms with Gasteiger partial charge in [-0.3, -0.25) is 14.4 Å². The van der Waals surface area contributed by atoms with Gasteiger partial charge in [0.2, 0.25) is 5.91 Å². The van der Waals surface area contributed by atoms with E-state index >= 15 is 0 Å². The molecular formula is C30H33N3O6. The van der Waals surface area contributed by atoms with Gasteiger partial charge in [0, 0.05) is 17.7 Å². The lowest BCUT2D eigenvalue weighted by Crippen LogP contribution is -2.56. The largest absolute Gasteiger partial charge is 0.508 e. The van der Waals surface area contributed by atoms with Gasteiger partial charge in [-0.1, -0.05) is 60.7 Å². The van der Waals surface area contributed by atoms with Crippen molar-refractivity contribution in [1.82, 2.24) is 15.5 Å². The average Bonchev–Trinajstić information content (AvgIpc) is 3.43. The lowest BCUT2D eigenvalue weighted by atomic mass is 9.98. The highest BCUT2D eigenvalue weighted by Crippen LogP contribution is 2.21. The topological polar surface area (TPSA) is 128 Å². The van der Waals surface area contributed by atoms with Crippen molar-refractivity contribution < 1.29 is 29.3 Å². The van der Waals surface area contributed by atoms with Gasteiger partial charge < -0.3 is 30.5 Å². The van der Waals surface area contributed by atoms with Crippen LogP contribution in [0, 0.1) is 13.8 Å². The van der Waals surface area contributed by atoms with Gasteiger partial charge >= 0.3 is 0 Å². The number of aliphatic hydroxyl groups is 1. The number of hydrogen-bond acceptors (Lipinski definition) is 6. The van der Waals surface area contributed by atoms with Gasteiger partial charge in [-0.15, -0.1) is 0 Å². The molecule has 1 saturated heterocycles. The summed E-state index contributed by atoms with van der Waals surface area (Å²) in [5, 5.41) is 26.9. The van der Waals surface area contributed by atoms with Crippen LogP contribution in [0.2, 0.25) is 0 Å². The highest BCUT2D eigenvalue weighted by molar-refractivity contribution is 5.97. The zero-order valence-electron chi connectivity index (χ0n) is 22.0. The first-order chi connectivity index (χ1) is 18.8. The second-order valence-corrected chi connectivity index (χ2v) is 9.63. The molecule has 4 rings (SSSR count). The van der Waals surface area contributed by atoms with E-state index in [0.717, 1.165) is 16.7 Å². The number of aryl methyl sites for hydroxylation is 1. The summed E-state index contributed by atoms with van der Waals surface area (Å²) in [5.74, 6) is -1.69. The van der Waals surface area contributed by atoms with Crippen LogP contribution >= 0.6 is 0 Å². The summed E-state index contributed by atoms with van der Waals surface area (Å²) in [6.07, 6.45) is -1.49. The molecule has 0 bridgehead atoms. The number of aliphatic hydroxyl groups excluding tert-OH is 1. The second kappa shape index (κ2) is 12.6. The second-order valence-electron chi connectivity index (χ2n) is 9.63. The van der Waals surface area contributed by atoms with Gasteiger partial charge in [0.1, 0.15) is 18.5 Å². The molecule has 3 unspecified atom stereocenters. The van der Waals surface area contributed by atoms with E-state index in [-0.39, 0.29) is 31.1 Å². The number of rotatable bonds is 9. The molecule has 3 aromatic carbocycles. The summed E-state index contributed by atoms with van der Waals surface area (Å²) >= 11 is 0. The monoisotopic (exact) mass is 531 g/mol. The molecule has 1 aliphatic heterocycles. The summed E-state index contributed by atoms with van der Waals surface area (Å²) in [6.45, 7) is 3.69. The number of phenols is 1. The van der Waals surface area contributed by atoms with E-state index in [9.17, 15) is 24.6 Å². The van der Waals surface area contributed by atoms with Crippen LogP contribution in [-0.4, -0.2) is 64.4 Å². The molecule has 0 aliphatic carbocycles. The van der Waals surface area contributed by atoms with Crippen LogP contribution in [0.4, 0.5) is 0 Å². The minimum absolute atomic E-state index is 0.00371. The molecule has 3 amide bonds. The maximum absolute atomic E-state index is 13.5. The number of nitrogens with zero attached hydrogens (tertiary/aromatic N) is 1. The number of nitrogens with one attached hydrogen (secondary N) is 2. The molecule has 0 spiro atoms. The number of carbonyl (C=O) groups is 3. The fourth-order valence-electron chi connectivity index (χ4n) is 4.55. The van der Waals surface area contributed by atoms with Crippen LogP contribution in [0.15, 0.2) is 72.8 Å². The van der Waals surface area contributed by atoms with Gasteiger partial charge in [0.25, 0.3) is 11.8 Å². The van der Waals surface area contributed by atoms with E-state index < -0.39 is 35.9 Å². The van der Waals surface area contributed by atoms with E-state index in [1.165, 1.54) is 11.0 Å². The molecule has 204 valence electrons. The van der Waals surface area contributed by atoms with Crippen LogP contribution < -0.4 is 10.6 Å². The van der Waals surface area contributed by atoms with Gasteiger partial charge in [-0.05, 0) is 49.1 Å². The van der Waals surface area contributed by atoms with E-state index in [2.05, 4.69) is 10.6 Å². The molecule has 4 N–H and O–H groups in total. The molecule has 39 heavy (non-hydrogen) atoms. The lowest BCUT2D eigenvalue weighted by Gasteiger charge is -2.29. The minimum Gasteiger partial charge on any atom is -0.508 e. The third-order valence-corrected chi connectivity index (χ3v) is 6.98. The molecule has 1 aliphatic rings. The van der Waals surface area contributed by atoms with Crippen molar-refractivity contribution in [2.24, 2.45) is 0 Å². The zero-order valence-corrected chi connectivity index (χ0v) is 22.0. The molecule has 1 heterocycles. The smallest absolute Gasteiger partial charge is 0.256 e. The molecule has 0 saturated carbocycles. The van der Waals surface area contributed by atoms with Crippen molar-refractivity contribution in [1.29, 1.82) is 0 Å². The Kier molecular flexibility index (Phi) is 8.96. The van der Waals surface area contributed by atoms with Crippen molar-refractivity contribution in [3.05, 3.63) is 101 Å². The summed E-state index contributed by atoms with van der Waals surface area (Å²) in [5.41, 5.74) is 3.40. The van der Waals surface area contributed by atoms with Gasteiger partial charge in [-0.25, -0.2) is 0 Å². The number of benzene rings is 3. The SMILES string of the molecule is Cc1ccccc1CNC(=O)C1COCN1C(=O)C(O)C(Cc1ccccc1)NC(=O)c1cccc(O)c1C. The fourth-order valence-corrected chi connectivity index (χ4v) is 4.55. The third kappa shape index (κ3) is 6.63. The van der Waals surface area contributed by atoms with Crippen LogP contribution in [0.5, 0.6) is 5.75 Å². The molecule has 9 heteroatoms. The molecule has 1 fully saturated rings. The van der Waals surface area contributed by atoms with Crippen LogP contribution in [-0.2, 0) is 27.3 Å². The third-order valence-electron chi connectivity index (χ3n) is 6.98. The molecule has 3 atom stereocenters. The summed E-state index contributed by atoms with van der Waals surface area (Å²) in [4.78, 5) is 40.8. The number of aromatic hydroxyl groups is 1. The van der Waals surface area contributed by atoms with E-state index in [1.54, 1.807) is 19.1 Å². The maximum atomic E-state index is 13.5. The van der Waals surface area contributed by atoms with E-state index in [1.807, 2.05) is 61.5 Å². The Labute approximate surface area is 227 Å². The van der Waals surface area contributed by atoms with Crippen molar-refractivity contribution >= 4 is 17.7 Å².